The number of imidazole rings is 1. The lowest BCUT2D eigenvalue weighted by Crippen LogP contribution is -2.49. The molecule has 0 spiro atoms. The van der Waals surface area contributed by atoms with Crippen molar-refractivity contribution in [2.75, 3.05) is 11.9 Å². The lowest BCUT2D eigenvalue weighted by molar-refractivity contribution is -0.174. The van der Waals surface area contributed by atoms with Gasteiger partial charge in [0, 0.05) is 11.6 Å². The highest BCUT2D eigenvalue weighted by Gasteiger charge is 2.57. The molecule has 4 atom stereocenters. The van der Waals surface area contributed by atoms with E-state index in [1.807, 2.05) is 44.2 Å². The normalized spacial score (nSPS) is 27.6. The molecule has 1 fully saturated rings. The SMILES string of the molecule is CC(C)C1(n2cnc3c(Nc4ccccc4)ncnc32)OC(CO)C(O)C1O. The first-order valence-corrected chi connectivity index (χ1v) is 9.14. The third kappa shape index (κ3) is 2.75. The average Bonchev–Trinajstić information content (AvgIpc) is 3.24. The molecule has 3 heterocycles. The molecule has 3 aromatic rings. The van der Waals surface area contributed by atoms with Crippen molar-refractivity contribution < 1.29 is 20.1 Å². The predicted octanol–water partition coefficient (Wildman–Crippen LogP) is 0.992. The number of anilines is 2. The van der Waals surface area contributed by atoms with E-state index in [9.17, 15) is 15.3 Å². The zero-order chi connectivity index (χ0) is 19.9. The molecule has 1 aromatic carbocycles. The van der Waals surface area contributed by atoms with Crippen LogP contribution in [0, 0.1) is 5.92 Å². The quantitative estimate of drug-likeness (QED) is 0.512. The number of rotatable bonds is 5. The van der Waals surface area contributed by atoms with Gasteiger partial charge in [0.1, 0.15) is 24.6 Å². The number of aliphatic hydroxyl groups excluding tert-OH is 3. The Balaban J connectivity index is 1.82. The van der Waals surface area contributed by atoms with Crippen molar-refractivity contribution in [1.29, 1.82) is 0 Å². The number of fused-ring (bicyclic) bond motifs is 1. The summed E-state index contributed by atoms with van der Waals surface area (Å²) in [5.41, 5.74) is 0.486. The Labute approximate surface area is 161 Å². The number of nitrogens with one attached hydrogen (secondary N) is 1. The zero-order valence-corrected chi connectivity index (χ0v) is 15.6. The first-order chi connectivity index (χ1) is 13.5. The molecule has 1 aliphatic heterocycles. The van der Waals surface area contributed by atoms with E-state index in [1.54, 1.807) is 4.57 Å². The van der Waals surface area contributed by atoms with Gasteiger partial charge >= 0.3 is 0 Å². The molecule has 0 bridgehead atoms. The summed E-state index contributed by atoms with van der Waals surface area (Å²) < 4.78 is 7.61. The zero-order valence-electron chi connectivity index (χ0n) is 15.6. The van der Waals surface area contributed by atoms with Crippen molar-refractivity contribution in [3.8, 4) is 0 Å². The average molecular weight is 385 g/mol. The molecule has 4 N–H and O–H groups in total. The molecule has 2 aromatic heterocycles. The highest BCUT2D eigenvalue weighted by molar-refractivity contribution is 5.85. The van der Waals surface area contributed by atoms with Gasteiger partial charge in [-0.2, -0.15) is 0 Å². The standard InChI is InChI=1S/C19H23N5O4/c1-11(2)19(16(27)15(26)13(8-25)28-19)24-10-22-14-17(20-9-21-18(14)24)23-12-6-4-3-5-7-12/h3-7,9-11,13,15-16,25-27H,8H2,1-2H3,(H,20,21,23). The van der Waals surface area contributed by atoms with Crippen molar-refractivity contribution in [1.82, 2.24) is 19.5 Å². The molecule has 0 radical (unpaired) electrons. The van der Waals surface area contributed by atoms with Crippen LogP contribution in [-0.4, -0.2) is 59.8 Å². The molecule has 1 saturated heterocycles. The predicted molar refractivity (Wildman–Crippen MR) is 102 cm³/mol. The molecule has 1 aliphatic rings. The van der Waals surface area contributed by atoms with Crippen molar-refractivity contribution in [3.63, 3.8) is 0 Å². The van der Waals surface area contributed by atoms with Crippen molar-refractivity contribution in [2.45, 2.75) is 37.9 Å². The van der Waals surface area contributed by atoms with Crippen LogP contribution in [0.5, 0.6) is 0 Å². The molecule has 4 unspecified atom stereocenters. The summed E-state index contributed by atoms with van der Waals surface area (Å²) in [4.78, 5) is 13.1. The topological polar surface area (TPSA) is 126 Å². The second-order valence-electron chi connectivity index (χ2n) is 7.18. The molecular weight excluding hydrogens is 362 g/mol. The van der Waals surface area contributed by atoms with E-state index in [2.05, 4.69) is 20.3 Å². The van der Waals surface area contributed by atoms with Crippen LogP contribution in [0.2, 0.25) is 0 Å². The van der Waals surface area contributed by atoms with Crippen LogP contribution < -0.4 is 5.32 Å². The molecule has 9 heteroatoms. The molecule has 148 valence electrons. The minimum atomic E-state index is -1.32. The first kappa shape index (κ1) is 18.8. The number of hydrogen-bond donors (Lipinski definition) is 4. The summed E-state index contributed by atoms with van der Waals surface area (Å²) in [6.45, 7) is 3.33. The maximum atomic E-state index is 10.8. The largest absolute Gasteiger partial charge is 0.394 e. The van der Waals surface area contributed by atoms with Crippen molar-refractivity contribution in [2.24, 2.45) is 5.92 Å². The van der Waals surface area contributed by atoms with Crippen LogP contribution in [0.15, 0.2) is 43.0 Å². The summed E-state index contributed by atoms with van der Waals surface area (Å²) in [5.74, 6) is 0.271. The van der Waals surface area contributed by atoms with E-state index in [4.69, 9.17) is 4.74 Å². The number of aliphatic hydroxyl groups is 3. The Morgan fingerprint density at radius 2 is 1.93 bits per heavy atom. The van der Waals surface area contributed by atoms with Gasteiger partial charge in [-0.15, -0.1) is 0 Å². The van der Waals surface area contributed by atoms with Crippen LogP contribution in [0.25, 0.3) is 11.2 Å². The Hall–Kier alpha value is -2.59. The first-order valence-electron chi connectivity index (χ1n) is 9.14. The second-order valence-corrected chi connectivity index (χ2v) is 7.18. The van der Waals surface area contributed by atoms with Crippen LogP contribution in [0.1, 0.15) is 13.8 Å². The summed E-state index contributed by atoms with van der Waals surface area (Å²) in [5, 5.41) is 33.9. The number of hydrogen-bond acceptors (Lipinski definition) is 8. The Morgan fingerprint density at radius 1 is 1.18 bits per heavy atom. The summed E-state index contributed by atoms with van der Waals surface area (Å²) in [7, 11) is 0. The number of para-hydroxylation sites is 1. The van der Waals surface area contributed by atoms with Crippen LogP contribution in [-0.2, 0) is 10.5 Å². The lowest BCUT2D eigenvalue weighted by atomic mass is 9.91. The van der Waals surface area contributed by atoms with Gasteiger partial charge in [0.25, 0.3) is 0 Å². The van der Waals surface area contributed by atoms with E-state index in [0.29, 0.717) is 17.0 Å². The maximum Gasteiger partial charge on any atom is 0.178 e. The fourth-order valence-corrected chi connectivity index (χ4v) is 3.77. The minimum absolute atomic E-state index is 0.244. The van der Waals surface area contributed by atoms with E-state index in [1.165, 1.54) is 12.7 Å². The van der Waals surface area contributed by atoms with Gasteiger partial charge in [-0.1, -0.05) is 32.0 Å². The number of ether oxygens (including phenoxy) is 1. The molecule has 0 amide bonds. The molecule has 0 saturated carbocycles. The van der Waals surface area contributed by atoms with E-state index in [0.717, 1.165) is 5.69 Å². The monoisotopic (exact) mass is 385 g/mol. The highest BCUT2D eigenvalue weighted by Crippen LogP contribution is 2.43. The smallest absolute Gasteiger partial charge is 0.178 e. The fourth-order valence-electron chi connectivity index (χ4n) is 3.77. The number of aromatic nitrogens is 4. The van der Waals surface area contributed by atoms with Gasteiger partial charge in [-0.3, -0.25) is 4.57 Å². The Bertz CT molecular complexity index is 963. The Kier molecular flexibility index (Phi) is 4.76. The van der Waals surface area contributed by atoms with E-state index in [-0.39, 0.29) is 5.92 Å². The minimum Gasteiger partial charge on any atom is -0.394 e. The lowest BCUT2D eigenvalue weighted by Gasteiger charge is -2.37. The van der Waals surface area contributed by atoms with Crippen LogP contribution >= 0.6 is 0 Å². The van der Waals surface area contributed by atoms with Gasteiger partial charge in [0.15, 0.2) is 22.7 Å². The van der Waals surface area contributed by atoms with Gasteiger partial charge in [-0.25, -0.2) is 15.0 Å². The second kappa shape index (κ2) is 7.10. The molecular formula is C19H23N5O4. The van der Waals surface area contributed by atoms with Crippen LogP contribution in [0.4, 0.5) is 11.5 Å². The third-order valence-corrected chi connectivity index (χ3v) is 5.22. The maximum absolute atomic E-state index is 10.8. The fraction of sp³-hybridized carbons (Fsp3) is 0.421. The van der Waals surface area contributed by atoms with E-state index < -0.39 is 30.6 Å². The molecule has 0 aliphatic carbocycles. The molecule has 28 heavy (non-hydrogen) atoms. The highest BCUT2D eigenvalue weighted by atomic mass is 16.6. The number of nitrogens with zero attached hydrogens (tertiary/aromatic N) is 4. The summed E-state index contributed by atoms with van der Waals surface area (Å²) in [6.07, 6.45) is -0.471. The molecule has 9 nitrogen and oxygen atoms in total. The van der Waals surface area contributed by atoms with Crippen molar-refractivity contribution in [3.05, 3.63) is 43.0 Å². The van der Waals surface area contributed by atoms with Gasteiger partial charge in [0.2, 0.25) is 0 Å². The van der Waals surface area contributed by atoms with Crippen LogP contribution in [0.3, 0.4) is 0 Å². The van der Waals surface area contributed by atoms with Crippen molar-refractivity contribution >= 4 is 22.7 Å². The van der Waals surface area contributed by atoms with Gasteiger partial charge in [-0.05, 0) is 12.1 Å². The summed E-state index contributed by atoms with van der Waals surface area (Å²) >= 11 is 0. The summed E-state index contributed by atoms with van der Waals surface area (Å²) in [6, 6.07) is 9.56. The number of benzene rings is 1. The third-order valence-electron chi connectivity index (χ3n) is 5.22. The Morgan fingerprint density at radius 3 is 2.57 bits per heavy atom. The van der Waals surface area contributed by atoms with E-state index >= 15 is 0 Å². The molecule has 4 rings (SSSR count). The van der Waals surface area contributed by atoms with Gasteiger partial charge < -0.3 is 25.4 Å². The van der Waals surface area contributed by atoms with Gasteiger partial charge in [0.05, 0.1) is 12.9 Å².